The van der Waals surface area contributed by atoms with Gasteiger partial charge in [0.15, 0.2) is 0 Å². The van der Waals surface area contributed by atoms with E-state index in [2.05, 4.69) is 10.5 Å². The fourth-order valence-corrected chi connectivity index (χ4v) is 1.41. The molecule has 7 heteroatoms. The summed E-state index contributed by atoms with van der Waals surface area (Å²) in [6.45, 7) is 0.156. The monoisotopic (exact) mass is 263 g/mol. The minimum Gasteiger partial charge on any atom is -0.550 e. The molecular weight excluding hydrogens is 251 g/mol. The summed E-state index contributed by atoms with van der Waals surface area (Å²) in [5.74, 6) is -2.31. The zero-order valence-corrected chi connectivity index (χ0v) is 9.37. The number of carboxylic acid groups (broad SMARTS) is 1. The molecule has 0 aliphatic heterocycles. The topological polar surface area (TPSA) is 77.0 Å². The van der Waals surface area contributed by atoms with Crippen LogP contribution >= 0.6 is 0 Å². The minimum atomic E-state index is -4.73. The van der Waals surface area contributed by atoms with Crippen molar-refractivity contribution < 1.29 is 33.5 Å². The summed E-state index contributed by atoms with van der Waals surface area (Å²) in [6, 6.07) is 5.04. The lowest BCUT2D eigenvalue weighted by Gasteiger charge is -2.14. The SMILES string of the molecule is [NH3+]C[C@@H](Cc1ccc(OC(F)(F)F)cc1)C(=O)[O-]. The average molecular weight is 263 g/mol. The van der Waals surface area contributed by atoms with E-state index in [0.717, 1.165) is 12.1 Å². The highest BCUT2D eigenvalue weighted by molar-refractivity contribution is 5.68. The van der Waals surface area contributed by atoms with Gasteiger partial charge in [-0.1, -0.05) is 12.1 Å². The average Bonchev–Trinajstić information content (AvgIpc) is 2.25. The third-order valence-corrected chi connectivity index (χ3v) is 2.32. The molecule has 4 nitrogen and oxygen atoms in total. The Hall–Kier alpha value is -1.76. The van der Waals surface area contributed by atoms with Crippen LogP contribution in [0.5, 0.6) is 5.75 Å². The Kier molecular flexibility index (Phi) is 4.55. The third-order valence-electron chi connectivity index (χ3n) is 2.32. The Morgan fingerprint density at radius 2 is 1.89 bits per heavy atom. The molecule has 0 amide bonds. The van der Waals surface area contributed by atoms with Crippen LogP contribution < -0.4 is 15.6 Å². The van der Waals surface area contributed by atoms with Crippen molar-refractivity contribution in [3.8, 4) is 5.75 Å². The number of hydrogen-bond donors (Lipinski definition) is 1. The van der Waals surface area contributed by atoms with Gasteiger partial charge in [-0.05, 0) is 24.1 Å². The van der Waals surface area contributed by atoms with Gasteiger partial charge in [-0.2, -0.15) is 0 Å². The Balaban J connectivity index is 2.68. The number of alkyl halides is 3. The van der Waals surface area contributed by atoms with Gasteiger partial charge in [0, 0.05) is 0 Å². The van der Waals surface area contributed by atoms with Crippen molar-refractivity contribution in [2.24, 2.45) is 5.92 Å². The highest BCUT2D eigenvalue weighted by Crippen LogP contribution is 2.23. The van der Waals surface area contributed by atoms with Gasteiger partial charge in [0.25, 0.3) is 0 Å². The van der Waals surface area contributed by atoms with Gasteiger partial charge >= 0.3 is 6.36 Å². The summed E-state index contributed by atoms with van der Waals surface area (Å²) < 4.78 is 39.4. The summed E-state index contributed by atoms with van der Waals surface area (Å²) >= 11 is 0. The third kappa shape index (κ3) is 4.62. The van der Waals surface area contributed by atoms with Crippen molar-refractivity contribution >= 4 is 5.97 Å². The summed E-state index contributed by atoms with van der Waals surface area (Å²) in [7, 11) is 0. The molecule has 0 aliphatic rings. The molecule has 0 radical (unpaired) electrons. The zero-order valence-electron chi connectivity index (χ0n) is 9.37. The van der Waals surface area contributed by atoms with Crippen molar-refractivity contribution in [2.75, 3.05) is 6.54 Å². The first-order valence-electron chi connectivity index (χ1n) is 5.16. The van der Waals surface area contributed by atoms with Gasteiger partial charge in [0.05, 0.1) is 18.4 Å². The summed E-state index contributed by atoms with van der Waals surface area (Å²) in [6.07, 6.45) is -4.57. The number of carbonyl (C=O) groups excluding carboxylic acids is 1. The number of aliphatic carboxylic acids is 1. The van der Waals surface area contributed by atoms with Gasteiger partial charge < -0.3 is 20.4 Å². The van der Waals surface area contributed by atoms with Crippen molar-refractivity contribution in [1.29, 1.82) is 0 Å². The highest BCUT2D eigenvalue weighted by atomic mass is 19.4. The molecule has 0 bridgehead atoms. The van der Waals surface area contributed by atoms with E-state index in [1.807, 2.05) is 0 Å². The number of benzene rings is 1. The van der Waals surface area contributed by atoms with Crippen LogP contribution in [0.15, 0.2) is 24.3 Å². The molecule has 0 heterocycles. The summed E-state index contributed by atoms with van der Waals surface area (Å²) in [4.78, 5) is 10.7. The first-order chi connectivity index (χ1) is 8.31. The Morgan fingerprint density at radius 1 is 1.33 bits per heavy atom. The smallest absolute Gasteiger partial charge is 0.550 e. The molecule has 3 N–H and O–H groups in total. The molecule has 0 spiro atoms. The molecule has 1 atom stereocenters. The highest BCUT2D eigenvalue weighted by Gasteiger charge is 2.30. The van der Waals surface area contributed by atoms with Crippen molar-refractivity contribution in [3.05, 3.63) is 29.8 Å². The quantitative estimate of drug-likeness (QED) is 0.794. The number of hydrogen-bond acceptors (Lipinski definition) is 3. The second kappa shape index (κ2) is 5.72. The normalized spacial score (nSPS) is 13.1. The van der Waals surface area contributed by atoms with E-state index in [0.29, 0.717) is 5.56 Å². The Bertz CT molecular complexity index is 403. The van der Waals surface area contributed by atoms with Gasteiger partial charge in [0.1, 0.15) is 5.75 Å². The number of carboxylic acids is 1. The van der Waals surface area contributed by atoms with E-state index in [1.54, 1.807) is 0 Å². The predicted octanol–water partition coefficient (Wildman–Crippen LogP) is -0.264. The zero-order chi connectivity index (χ0) is 13.8. The van der Waals surface area contributed by atoms with E-state index < -0.39 is 18.2 Å². The number of rotatable bonds is 5. The molecule has 0 fully saturated rings. The maximum Gasteiger partial charge on any atom is 0.573 e. The van der Waals surface area contributed by atoms with E-state index in [4.69, 9.17) is 0 Å². The first kappa shape index (κ1) is 14.3. The van der Waals surface area contributed by atoms with Gasteiger partial charge in [0.2, 0.25) is 0 Å². The van der Waals surface area contributed by atoms with E-state index in [1.165, 1.54) is 12.1 Å². The molecule has 0 saturated carbocycles. The van der Waals surface area contributed by atoms with Crippen LogP contribution in [-0.4, -0.2) is 18.9 Å². The number of carbonyl (C=O) groups is 1. The number of halogens is 3. The lowest BCUT2D eigenvalue weighted by Crippen LogP contribution is -2.57. The van der Waals surface area contributed by atoms with Crippen LogP contribution in [0.3, 0.4) is 0 Å². The van der Waals surface area contributed by atoms with Crippen molar-refractivity contribution in [2.45, 2.75) is 12.8 Å². The van der Waals surface area contributed by atoms with Crippen LogP contribution in [0, 0.1) is 5.92 Å². The number of ether oxygens (including phenoxy) is 1. The van der Waals surface area contributed by atoms with Crippen molar-refractivity contribution in [1.82, 2.24) is 0 Å². The molecule has 0 saturated heterocycles. The van der Waals surface area contributed by atoms with Gasteiger partial charge in [-0.25, -0.2) is 0 Å². The van der Waals surface area contributed by atoms with Crippen LogP contribution in [-0.2, 0) is 11.2 Å². The molecule has 100 valence electrons. The van der Waals surface area contributed by atoms with Gasteiger partial charge in [-0.3, -0.25) is 0 Å². The molecule has 1 aromatic carbocycles. The fraction of sp³-hybridized carbons (Fsp3) is 0.364. The maximum atomic E-state index is 11.9. The molecule has 0 aliphatic carbocycles. The van der Waals surface area contributed by atoms with Gasteiger partial charge in [-0.15, -0.1) is 13.2 Å². The Labute approximate surface area is 101 Å². The predicted molar refractivity (Wildman–Crippen MR) is 53.1 cm³/mol. The molecule has 0 aromatic heterocycles. The first-order valence-corrected chi connectivity index (χ1v) is 5.16. The molecule has 0 unspecified atom stereocenters. The lowest BCUT2D eigenvalue weighted by molar-refractivity contribution is -0.387. The Morgan fingerprint density at radius 3 is 2.28 bits per heavy atom. The molecular formula is C11H12F3NO3. The van der Waals surface area contributed by atoms with E-state index in [9.17, 15) is 23.1 Å². The fourth-order valence-electron chi connectivity index (χ4n) is 1.41. The van der Waals surface area contributed by atoms with Crippen LogP contribution in [0.25, 0.3) is 0 Å². The maximum absolute atomic E-state index is 11.9. The van der Waals surface area contributed by atoms with Crippen LogP contribution in [0.2, 0.25) is 0 Å². The largest absolute Gasteiger partial charge is 0.573 e. The van der Waals surface area contributed by atoms with E-state index >= 15 is 0 Å². The summed E-state index contributed by atoms with van der Waals surface area (Å²) in [5.41, 5.74) is 4.06. The molecule has 1 rings (SSSR count). The van der Waals surface area contributed by atoms with Crippen LogP contribution in [0.1, 0.15) is 5.56 Å². The number of quaternary nitrogens is 1. The second-order valence-electron chi connectivity index (χ2n) is 3.70. The second-order valence-corrected chi connectivity index (χ2v) is 3.70. The standard InChI is InChI=1S/C11H12F3NO3/c12-11(13,14)18-9-3-1-7(2-4-9)5-8(6-15)10(16)17/h1-4,8H,5-6,15H2,(H,16,17)/t8-/m1/s1. The van der Waals surface area contributed by atoms with Crippen molar-refractivity contribution in [3.63, 3.8) is 0 Å². The lowest BCUT2D eigenvalue weighted by atomic mass is 10.00. The van der Waals surface area contributed by atoms with Crippen LogP contribution in [0.4, 0.5) is 13.2 Å². The molecule has 18 heavy (non-hydrogen) atoms. The van der Waals surface area contributed by atoms with E-state index in [-0.39, 0.29) is 18.7 Å². The summed E-state index contributed by atoms with van der Waals surface area (Å²) in [5, 5.41) is 10.7. The molecule has 1 aromatic rings. The minimum absolute atomic E-state index is 0.156.